The predicted molar refractivity (Wildman–Crippen MR) is 74.5 cm³/mol. The zero-order valence-electron chi connectivity index (χ0n) is 10.2. The highest BCUT2D eigenvalue weighted by Crippen LogP contribution is 2.33. The molecule has 0 saturated heterocycles. The van der Waals surface area contributed by atoms with Crippen molar-refractivity contribution in [2.75, 3.05) is 7.11 Å². The number of hydrogen-bond donors (Lipinski definition) is 2. The molecular formula is C14H12O4S. The number of phenols is 1. The second kappa shape index (κ2) is 5.58. The Hall–Kier alpha value is -2.27. The third-order valence-corrected chi connectivity index (χ3v) is 3.47. The molecule has 2 rings (SSSR count). The fraction of sp³-hybridized carbons (Fsp3) is 0.0714. The van der Waals surface area contributed by atoms with Gasteiger partial charge in [-0.25, -0.2) is 4.79 Å². The van der Waals surface area contributed by atoms with Crippen molar-refractivity contribution in [1.29, 1.82) is 0 Å². The maximum absolute atomic E-state index is 11.3. The van der Waals surface area contributed by atoms with E-state index in [0.29, 0.717) is 16.2 Å². The molecule has 0 unspecified atom stereocenters. The summed E-state index contributed by atoms with van der Waals surface area (Å²) in [5.74, 6) is -0.797. The largest absolute Gasteiger partial charge is 0.504 e. The quantitative estimate of drug-likeness (QED) is 0.842. The average molecular weight is 276 g/mol. The molecule has 0 aliphatic rings. The Balaban J connectivity index is 2.51. The van der Waals surface area contributed by atoms with Gasteiger partial charge in [0.2, 0.25) is 0 Å². The second-order valence-corrected chi connectivity index (χ2v) is 4.69. The molecule has 0 radical (unpaired) electrons. The van der Waals surface area contributed by atoms with Crippen LogP contribution in [0.1, 0.15) is 10.4 Å². The number of rotatable bonds is 4. The van der Waals surface area contributed by atoms with E-state index in [1.807, 2.05) is 0 Å². The van der Waals surface area contributed by atoms with Gasteiger partial charge in [0, 0.05) is 10.4 Å². The van der Waals surface area contributed by atoms with Crippen LogP contribution in [0.2, 0.25) is 0 Å². The summed E-state index contributed by atoms with van der Waals surface area (Å²) < 4.78 is 4.99. The SMILES string of the molecule is COc1cccc(C=C(C(=O)O)c2cccs2)c1O. The average Bonchev–Trinajstić information content (AvgIpc) is 2.90. The van der Waals surface area contributed by atoms with E-state index in [1.54, 1.807) is 35.7 Å². The van der Waals surface area contributed by atoms with Crippen LogP contribution in [0.25, 0.3) is 11.6 Å². The Morgan fingerprint density at radius 1 is 1.32 bits per heavy atom. The molecule has 0 atom stereocenters. The van der Waals surface area contributed by atoms with Gasteiger partial charge in [-0.05, 0) is 23.6 Å². The molecule has 98 valence electrons. The summed E-state index contributed by atoms with van der Waals surface area (Å²) in [5.41, 5.74) is 0.545. The van der Waals surface area contributed by atoms with Crippen LogP contribution >= 0.6 is 11.3 Å². The molecule has 0 aliphatic heterocycles. The monoisotopic (exact) mass is 276 g/mol. The highest BCUT2D eigenvalue weighted by molar-refractivity contribution is 7.11. The molecule has 1 aromatic carbocycles. The van der Waals surface area contributed by atoms with Crippen molar-refractivity contribution >= 4 is 29.0 Å². The molecule has 0 bridgehead atoms. The van der Waals surface area contributed by atoms with Gasteiger partial charge < -0.3 is 14.9 Å². The number of aromatic hydroxyl groups is 1. The Kier molecular flexibility index (Phi) is 3.87. The molecule has 0 fully saturated rings. The lowest BCUT2D eigenvalue weighted by Crippen LogP contribution is -1.97. The molecular weight excluding hydrogens is 264 g/mol. The molecule has 0 aliphatic carbocycles. The van der Waals surface area contributed by atoms with Crippen molar-refractivity contribution in [3.8, 4) is 11.5 Å². The standard InChI is InChI=1S/C14H12O4S/c1-18-11-5-2-4-9(13(11)15)8-10(14(16)17)12-6-3-7-19-12/h2-8,15H,1H3,(H,16,17). The van der Waals surface area contributed by atoms with E-state index >= 15 is 0 Å². The Morgan fingerprint density at radius 3 is 2.68 bits per heavy atom. The van der Waals surface area contributed by atoms with Crippen LogP contribution in [0.3, 0.4) is 0 Å². The van der Waals surface area contributed by atoms with Gasteiger partial charge in [0.05, 0.1) is 12.7 Å². The van der Waals surface area contributed by atoms with Crippen molar-refractivity contribution in [2.24, 2.45) is 0 Å². The predicted octanol–water partition coefficient (Wildman–Crippen LogP) is 3.09. The number of benzene rings is 1. The van der Waals surface area contributed by atoms with E-state index in [4.69, 9.17) is 4.74 Å². The van der Waals surface area contributed by atoms with Gasteiger partial charge >= 0.3 is 5.97 Å². The highest BCUT2D eigenvalue weighted by atomic mass is 32.1. The maximum atomic E-state index is 11.3. The van der Waals surface area contributed by atoms with Crippen LogP contribution in [0.5, 0.6) is 11.5 Å². The molecule has 0 amide bonds. The van der Waals surface area contributed by atoms with Crippen LogP contribution < -0.4 is 4.74 Å². The highest BCUT2D eigenvalue weighted by Gasteiger charge is 2.13. The zero-order chi connectivity index (χ0) is 13.8. The van der Waals surface area contributed by atoms with Gasteiger partial charge in [-0.1, -0.05) is 18.2 Å². The number of phenolic OH excluding ortho intramolecular Hbond substituents is 1. The van der Waals surface area contributed by atoms with E-state index in [0.717, 1.165) is 0 Å². The van der Waals surface area contributed by atoms with Crippen LogP contribution in [0.4, 0.5) is 0 Å². The van der Waals surface area contributed by atoms with Crippen LogP contribution in [0.15, 0.2) is 35.7 Å². The first-order valence-electron chi connectivity index (χ1n) is 5.48. The minimum Gasteiger partial charge on any atom is -0.504 e. The van der Waals surface area contributed by atoms with Gasteiger partial charge in [-0.15, -0.1) is 11.3 Å². The molecule has 5 heteroatoms. The number of ether oxygens (including phenoxy) is 1. The first-order valence-corrected chi connectivity index (χ1v) is 6.36. The normalized spacial score (nSPS) is 11.3. The smallest absolute Gasteiger partial charge is 0.337 e. The van der Waals surface area contributed by atoms with E-state index in [9.17, 15) is 15.0 Å². The van der Waals surface area contributed by atoms with E-state index in [1.165, 1.54) is 24.5 Å². The second-order valence-electron chi connectivity index (χ2n) is 3.74. The van der Waals surface area contributed by atoms with Gasteiger partial charge in [-0.3, -0.25) is 0 Å². The van der Waals surface area contributed by atoms with Crippen molar-refractivity contribution in [3.05, 3.63) is 46.2 Å². The first kappa shape index (κ1) is 13.2. The minimum absolute atomic E-state index is 0.0692. The lowest BCUT2D eigenvalue weighted by molar-refractivity contribution is -0.130. The third-order valence-electron chi connectivity index (χ3n) is 2.57. The number of thiophene rings is 1. The fourth-order valence-electron chi connectivity index (χ4n) is 1.65. The number of carbonyl (C=O) groups is 1. The summed E-state index contributed by atoms with van der Waals surface area (Å²) in [7, 11) is 1.44. The molecule has 1 heterocycles. The Bertz CT molecular complexity index is 614. The minimum atomic E-state index is -1.04. The number of methoxy groups -OCH3 is 1. The van der Waals surface area contributed by atoms with Crippen molar-refractivity contribution in [2.45, 2.75) is 0 Å². The number of hydrogen-bond acceptors (Lipinski definition) is 4. The number of aliphatic carboxylic acids is 1. The molecule has 1 aromatic heterocycles. The zero-order valence-corrected chi connectivity index (χ0v) is 11.0. The van der Waals surface area contributed by atoms with Gasteiger partial charge in [-0.2, -0.15) is 0 Å². The molecule has 2 N–H and O–H groups in total. The van der Waals surface area contributed by atoms with Gasteiger partial charge in [0.1, 0.15) is 0 Å². The molecule has 19 heavy (non-hydrogen) atoms. The third kappa shape index (κ3) is 2.77. The fourth-order valence-corrected chi connectivity index (χ4v) is 2.38. The van der Waals surface area contributed by atoms with Crippen molar-refractivity contribution in [1.82, 2.24) is 0 Å². The van der Waals surface area contributed by atoms with Crippen LogP contribution in [-0.2, 0) is 4.79 Å². The van der Waals surface area contributed by atoms with E-state index < -0.39 is 5.97 Å². The number of carboxylic acid groups (broad SMARTS) is 1. The first-order chi connectivity index (χ1) is 9.13. The van der Waals surface area contributed by atoms with Crippen molar-refractivity contribution < 1.29 is 19.7 Å². The maximum Gasteiger partial charge on any atom is 0.337 e. The summed E-state index contributed by atoms with van der Waals surface area (Å²) in [6, 6.07) is 8.44. The molecule has 0 saturated carbocycles. The molecule has 0 spiro atoms. The van der Waals surface area contributed by atoms with Gasteiger partial charge in [0.15, 0.2) is 11.5 Å². The van der Waals surface area contributed by atoms with Gasteiger partial charge in [0.25, 0.3) is 0 Å². The summed E-state index contributed by atoms with van der Waals surface area (Å²) in [4.78, 5) is 11.9. The van der Waals surface area contributed by atoms with Crippen LogP contribution in [-0.4, -0.2) is 23.3 Å². The lowest BCUT2D eigenvalue weighted by atomic mass is 10.1. The lowest BCUT2D eigenvalue weighted by Gasteiger charge is -2.06. The number of para-hydroxylation sites is 1. The topological polar surface area (TPSA) is 66.8 Å². The van der Waals surface area contributed by atoms with E-state index in [-0.39, 0.29) is 11.3 Å². The number of carboxylic acids is 1. The summed E-state index contributed by atoms with van der Waals surface area (Å²) in [6.45, 7) is 0. The molecule has 4 nitrogen and oxygen atoms in total. The molecule has 2 aromatic rings. The summed E-state index contributed by atoms with van der Waals surface area (Å²) in [6.07, 6.45) is 1.44. The van der Waals surface area contributed by atoms with Crippen LogP contribution in [0, 0.1) is 0 Å². The summed E-state index contributed by atoms with van der Waals surface area (Å²) in [5, 5.41) is 21.0. The Labute approximate surface area is 114 Å². The summed E-state index contributed by atoms with van der Waals surface area (Å²) >= 11 is 1.33. The van der Waals surface area contributed by atoms with E-state index in [2.05, 4.69) is 0 Å². The Morgan fingerprint density at radius 2 is 2.11 bits per heavy atom. The van der Waals surface area contributed by atoms with Crippen molar-refractivity contribution in [3.63, 3.8) is 0 Å².